The SMILES string of the molecule is CCN1CCC(N(C)CC(CC)(CC)CS)CC1. The van der Waals surface area contributed by atoms with E-state index in [1.165, 1.54) is 51.9 Å². The van der Waals surface area contributed by atoms with Crippen molar-refractivity contribution in [3.05, 3.63) is 0 Å². The van der Waals surface area contributed by atoms with Gasteiger partial charge in [0.15, 0.2) is 0 Å². The zero-order valence-electron chi connectivity index (χ0n) is 12.8. The third-order valence-corrected chi connectivity index (χ3v) is 5.72. The van der Waals surface area contributed by atoms with Crippen LogP contribution in [0.3, 0.4) is 0 Å². The third-order valence-electron chi connectivity index (χ3n) is 5.05. The molecule has 1 heterocycles. The zero-order valence-corrected chi connectivity index (χ0v) is 13.7. The number of nitrogens with zero attached hydrogens (tertiary/aromatic N) is 2. The fourth-order valence-corrected chi connectivity index (χ4v) is 3.63. The highest BCUT2D eigenvalue weighted by molar-refractivity contribution is 7.80. The minimum atomic E-state index is 0.416. The highest BCUT2D eigenvalue weighted by Crippen LogP contribution is 2.30. The summed E-state index contributed by atoms with van der Waals surface area (Å²) in [7, 11) is 2.32. The van der Waals surface area contributed by atoms with Crippen LogP contribution in [0.25, 0.3) is 0 Å². The molecule has 0 aromatic rings. The molecule has 0 aromatic heterocycles. The van der Waals surface area contributed by atoms with Crippen LogP contribution in [0.2, 0.25) is 0 Å². The molecule has 0 radical (unpaired) electrons. The van der Waals surface area contributed by atoms with Gasteiger partial charge >= 0.3 is 0 Å². The van der Waals surface area contributed by atoms with Gasteiger partial charge in [0.1, 0.15) is 0 Å². The van der Waals surface area contributed by atoms with E-state index in [-0.39, 0.29) is 0 Å². The molecular formula is C15H32N2S. The Morgan fingerprint density at radius 2 is 1.72 bits per heavy atom. The summed E-state index contributed by atoms with van der Waals surface area (Å²) in [4.78, 5) is 5.17. The first-order chi connectivity index (χ1) is 8.60. The van der Waals surface area contributed by atoms with Gasteiger partial charge in [-0.3, -0.25) is 0 Å². The lowest BCUT2D eigenvalue weighted by Crippen LogP contribution is -2.47. The van der Waals surface area contributed by atoms with Gasteiger partial charge < -0.3 is 9.80 Å². The van der Waals surface area contributed by atoms with Gasteiger partial charge in [0.25, 0.3) is 0 Å². The van der Waals surface area contributed by atoms with Crippen molar-refractivity contribution in [3.8, 4) is 0 Å². The molecule has 18 heavy (non-hydrogen) atoms. The number of rotatable bonds is 7. The lowest BCUT2D eigenvalue weighted by Gasteiger charge is -2.41. The van der Waals surface area contributed by atoms with Crippen LogP contribution in [-0.4, -0.2) is 54.8 Å². The molecule has 1 aliphatic heterocycles. The second-order valence-electron chi connectivity index (χ2n) is 5.95. The second kappa shape index (κ2) is 7.76. The Morgan fingerprint density at radius 3 is 2.11 bits per heavy atom. The van der Waals surface area contributed by atoms with E-state index in [4.69, 9.17) is 0 Å². The Balaban J connectivity index is 2.47. The number of piperidine rings is 1. The van der Waals surface area contributed by atoms with Crippen LogP contribution in [0.4, 0.5) is 0 Å². The first kappa shape index (κ1) is 16.3. The second-order valence-corrected chi connectivity index (χ2v) is 6.26. The molecule has 2 nitrogen and oxygen atoms in total. The van der Waals surface area contributed by atoms with Gasteiger partial charge in [-0.2, -0.15) is 12.6 Å². The maximum atomic E-state index is 4.59. The smallest absolute Gasteiger partial charge is 0.0117 e. The molecule has 0 saturated carbocycles. The zero-order chi connectivity index (χ0) is 13.6. The summed E-state index contributed by atoms with van der Waals surface area (Å²) in [5.74, 6) is 1.01. The lowest BCUT2D eigenvalue weighted by atomic mass is 9.83. The van der Waals surface area contributed by atoms with E-state index in [9.17, 15) is 0 Å². The van der Waals surface area contributed by atoms with Crippen molar-refractivity contribution in [1.29, 1.82) is 0 Å². The van der Waals surface area contributed by atoms with E-state index >= 15 is 0 Å². The molecule has 0 amide bonds. The van der Waals surface area contributed by atoms with E-state index < -0.39 is 0 Å². The van der Waals surface area contributed by atoms with Gasteiger partial charge in [-0.25, -0.2) is 0 Å². The minimum Gasteiger partial charge on any atom is -0.303 e. The van der Waals surface area contributed by atoms with E-state index in [0.717, 1.165) is 11.8 Å². The summed E-state index contributed by atoms with van der Waals surface area (Å²) in [6.07, 6.45) is 5.15. The molecule has 0 atom stereocenters. The molecule has 1 saturated heterocycles. The van der Waals surface area contributed by atoms with Crippen molar-refractivity contribution in [1.82, 2.24) is 9.80 Å². The highest BCUT2D eigenvalue weighted by atomic mass is 32.1. The van der Waals surface area contributed by atoms with E-state index in [1.54, 1.807) is 0 Å². The summed E-state index contributed by atoms with van der Waals surface area (Å²) in [5.41, 5.74) is 0.416. The van der Waals surface area contributed by atoms with Gasteiger partial charge in [0, 0.05) is 12.6 Å². The average Bonchev–Trinajstić information content (AvgIpc) is 2.45. The van der Waals surface area contributed by atoms with Crippen LogP contribution in [0, 0.1) is 5.41 Å². The Bertz CT molecular complexity index is 212. The molecule has 0 bridgehead atoms. The molecule has 1 fully saturated rings. The first-order valence-electron chi connectivity index (χ1n) is 7.64. The average molecular weight is 273 g/mol. The maximum Gasteiger partial charge on any atom is 0.0117 e. The molecule has 1 rings (SSSR count). The molecule has 0 aliphatic carbocycles. The summed E-state index contributed by atoms with van der Waals surface area (Å²) < 4.78 is 0. The molecule has 0 aromatic carbocycles. The first-order valence-corrected chi connectivity index (χ1v) is 8.27. The summed E-state index contributed by atoms with van der Waals surface area (Å²) in [6, 6.07) is 0.783. The van der Waals surface area contributed by atoms with Crippen molar-refractivity contribution in [2.75, 3.05) is 39.0 Å². The van der Waals surface area contributed by atoms with E-state index in [0.29, 0.717) is 5.41 Å². The van der Waals surface area contributed by atoms with Gasteiger partial charge in [0.2, 0.25) is 0 Å². The molecule has 0 unspecified atom stereocenters. The Hall–Kier alpha value is 0.270. The van der Waals surface area contributed by atoms with Crippen molar-refractivity contribution in [2.45, 2.75) is 52.5 Å². The molecule has 0 spiro atoms. The third kappa shape index (κ3) is 4.14. The molecule has 108 valence electrons. The van der Waals surface area contributed by atoms with Crippen molar-refractivity contribution in [2.24, 2.45) is 5.41 Å². The number of hydrogen-bond acceptors (Lipinski definition) is 3. The fraction of sp³-hybridized carbons (Fsp3) is 1.00. The Morgan fingerprint density at radius 1 is 1.17 bits per heavy atom. The number of thiol groups is 1. The van der Waals surface area contributed by atoms with E-state index in [2.05, 4.69) is 50.2 Å². The molecule has 0 N–H and O–H groups in total. The fourth-order valence-electron chi connectivity index (χ4n) is 3.08. The Kier molecular flexibility index (Phi) is 7.04. The Labute approximate surface area is 120 Å². The summed E-state index contributed by atoms with van der Waals surface area (Å²) in [6.45, 7) is 11.9. The summed E-state index contributed by atoms with van der Waals surface area (Å²) in [5, 5.41) is 0. The lowest BCUT2D eigenvalue weighted by molar-refractivity contribution is 0.0914. The topological polar surface area (TPSA) is 6.48 Å². The minimum absolute atomic E-state index is 0.416. The van der Waals surface area contributed by atoms with Crippen molar-refractivity contribution < 1.29 is 0 Å². The quantitative estimate of drug-likeness (QED) is 0.711. The highest BCUT2D eigenvalue weighted by Gasteiger charge is 2.30. The monoisotopic (exact) mass is 272 g/mol. The standard InChI is InChI=1S/C15H32N2S/c1-5-15(6-2,13-18)12-16(4)14-8-10-17(7-3)11-9-14/h14,18H,5-13H2,1-4H3. The predicted octanol–water partition coefficient (Wildman–Crippen LogP) is 3.14. The van der Waals surface area contributed by atoms with Crippen molar-refractivity contribution >= 4 is 12.6 Å². The van der Waals surface area contributed by atoms with Crippen LogP contribution in [-0.2, 0) is 0 Å². The largest absolute Gasteiger partial charge is 0.303 e. The normalized spacial score (nSPS) is 19.7. The van der Waals surface area contributed by atoms with Gasteiger partial charge in [-0.15, -0.1) is 0 Å². The molecular weight excluding hydrogens is 240 g/mol. The van der Waals surface area contributed by atoms with Crippen LogP contribution in [0.5, 0.6) is 0 Å². The van der Waals surface area contributed by atoms with Gasteiger partial charge in [-0.1, -0.05) is 20.8 Å². The molecule has 1 aliphatic rings. The van der Waals surface area contributed by atoms with E-state index in [1.807, 2.05) is 0 Å². The van der Waals surface area contributed by atoms with Crippen molar-refractivity contribution in [3.63, 3.8) is 0 Å². The maximum absolute atomic E-state index is 4.59. The van der Waals surface area contributed by atoms with Gasteiger partial charge in [0.05, 0.1) is 0 Å². The van der Waals surface area contributed by atoms with Crippen LogP contribution >= 0.6 is 12.6 Å². The summed E-state index contributed by atoms with van der Waals surface area (Å²) >= 11 is 4.59. The van der Waals surface area contributed by atoms with Crippen LogP contribution in [0.15, 0.2) is 0 Å². The predicted molar refractivity (Wildman–Crippen MR) is 84.6 cm³/mol. The van der Waals surface area contributed by atoms with Crippen LogP contribution < -0.4 is 0 Å². The number of likely N-dealkylation sites (tertiary alicyclic amines) is 1. The van der Waals surface area contributed by atoms with Gasteiger partial charge in [-0.05, 0) is 63.5 Å². The number of hydrogen-bond donors (Lipinski definition) is 1. The van der Waals surface area contributed by atoms with Crippen LogP contribution in [0.1, 0.15) is 46.5 Å². The molecule has 3 heteroatoms.